The summed E-state index contributed by atoms with van der Waals surface area (Å²) in [6.45, 7) is 1.98. The number of carbonyl (C=O) groups excluding carboxylic acids is 1. The zero-order chi connectivity index (χ0) is 8.85. The Morgan fingerprint density at radius 2 is 2.18 bits per heavy atom. The van der Waals surface area contributed by atoms with Crippen molar-refractivity contribution in [2.75, 3.05) is 13.4 Å². The minimum Gasteiger partial charge on any atom is -0.465 e. The van der Waals surface area contributed by atoms with Gasteiger partial charge in [-0.15, -0.1) is 11.8 Å². The van der Waals surface area contributed by atoms with Crippen molar-refractivity contribution in [3.8, 4) is 0 Å². The molecule has 0 aromatic heterocycles. The second-order valence-corrected chi connectivity index (χ2v) is 3.56. The van der Waals surface area contributed by atoms with Gasteiger partial charge in [0.2, 0.25) is 0 Å². The molecular formula is C7H11BrO2S. The fourth-order valence-corrected chi connectivity index (χ4v) is 1.82. The number of esters is 1. The van der Waals surface area contributed by atoms with E-state index in [1.54, 1.807) is 0 Å². The highest BCUT2D eigenvalue weighted by atomic mass is 79.9. The van der Waals surface area contributed by atoms with Crippen LogP contribution in [0, 0.1) is 0 Å². The molecule has 0 aromatic carbocycles. The largest absolute Gasteiger partial charge is 0.465 e. The lowest BCUT2D eigenvalue weighted by Crippen LogP contribution is -2.02. The minimum atomic E-state index is -0.272. The number of thioether (sulfide) groups is 1. The molecule has 0 spiro atoms. The summed E-state index contributed by atoms with van der Waals surface area (Å²) in [5.74, 6) is -0.272. The third-order valence-corrected chi connectivity index (χ3v) is 3.17. The van der Waals surface area contributed by atoms with Crippen LogP contribution in [0.3, 0.4) is 0 Å². The first-order valence-electron chi connectivity index (χ1n) is 3.18. The zero-order valence-corrected chi connectivity index (χ0v) is 9.21. The number of ether oxygens (including phenoxy) is 1. The van der Waals surface area contributed by atoms with Crippen LogP contribution in [0.2, 0.25) is 0 Å². The number of hydrogen-bond acceptors (Lipinski definition) is 3. The molecule has 0 rings (SSSR count). The Labute approximate surface area is 79.5 Å². The lowest BCUT2D eigenvalue weighted by Gasteiger charge is -2.03. The van der Waals surface area contributed by atoms with E-state index in [9.17, 15) is 4.79 Å². The molecule has 0 aliphatic heterocycles. The van der Waals surface area contributed by atoms with Crippen molar-refractivity contribution in [3.63, 3.8) is 0 Å². The van der Waals surface area contributed by atoms with Crippen LogP contribution in [0.5, 0.6) is 0 Å². The molecule has 0 fully saturated rings. The summed E-state index contributed by atoms with van der Waals surface area (Å²) in [5.41, 5.74) is 0. The van der Waals surface area contributed by atoms with Crippen molar-refractivity contribution in [1.29, 1.82) is 0 Å². The van der Waals surface area contributed by atoms with Crippen molar-refractivity contribution in [2.24, 2.45) is 0 Å². The molecule has 0 aliphatic carbocycles. The van der Waals surface area contributed by atoms with Gasteiger partial charge in [0.05, 0.1) is 7.11 Å². The van der Waals surface area contributed by atoms with E-state index in [1.807, 2.05) is 13.2 Å². The molecule has 0 radical (unpaired) electrons. The molecule has 0 saturated heterocycles. The summed E-state index contributed by atoms with van der Waals surface area (Å²) in [7, 11) is 1.38. The van der Waals surface area contributed by atoms with Crippen LogP contribution in [0.25, 0.3) is 0 Å². The number of halogens is 1. The molecule has 11 heavy (non-hydrogen) atoms. The monoisotopic (exact) mass is 238 g/mol. The van der Waals surface area contributed by atoms with E-state index in [-0.39, 0.29) is 5.97 Å². The normalized spacial score (nSPS) is 12.4. The molecule has 0 aromatic rings. The molecule has 0 amide bonds. The van der Waals surface area contributed by atoms with Gasteiger partial charge in [0.25, 0.3) is 0 Å². The van der Waals surface area contributed by atoms with Gasteiger partial charge in [-0.2, -0.15) is 0 Å². The standard InChI is InChI=1S/C7H11BrO2S/c1-4-5(8)6(11-3)7(9)10-2/h4H2,1-3H3/b6-5+. The smallest absolute Gasteiger partial charge is 0.345 e. The fourth-order valence-electron chi connectivity index (χ4n) is 0.558. The summed E-state index contributed by atoms with van der Waals surface area (Å²) >= 11 is 4.70. The molecule has 0 aliphatic rings. The third-order valence-electron chi connectivity index (χ3n) is 1.13. The van der Waals surface area contributed by atoms with Crippen molar-refractivity contribution >= 4 is 33.7 Å². The van der Waals surface area contributed by atoms with E-state index in [1.165, 1.54) is 18.9 Å². The number of allylic oxidation sites excluding steroid dienone is 1. The number of hydrogen-bond donors (Lipinski definition) is 0. The van der Waals surface area contributed by atoms with Gasteiger partial charge < -0.3 is 4.74 Å². The van der Waals surface area contributed by atoms with Gasteiger partial charge in [-0.05, 0) is 12.7 Å². The van der Waals surface area contributed by atoms with Crippen LogP contribution in [-0.4, -0.2) is 19.3 Å². The van der Waals surface area contributed by atoms with Crippen LogP contribution < -0.4 is 0 Å². The first-order chi connectivity index (χ1) is 5.17. The van der Waals surface area contributed by atoms with Crippen LogP contribution >= 0.6 is 27.7 Å². The lowest BCUT2D eigenvalue weighted by molar-refractivity contribution is -0.135. The Morgan fingerprint density at radius 3 is 2.45 bits per heavy atom. The number of rotatable bonds is 3. The molecule has 64 valence electrons. The fraction of sp³-hybridized carbons (Fsp3) is 0.571. The molecule has 0 saturated carbocycles. The maximum atomic E-state index is 11.0. The van der Waals surface area contributed by atoms with E-state index in [0.717, 1.165) is 10.9 Å². The molecule has 4 heteroatoms. The van der Waals surface area contributed by atoms with Gasteiger partial charge in [-0.1, -0.05) is 22.9 Å². The van der Waals surface area contributed by atoms with Crippen LogP contribution in [0.15, 0.2) is 9.39 Å². The maximum Gasteiger partial charge on any atom is 0.345 e. The van der Waals surface area contributed by atoms with Crippen molar-refractivity contribution in [2.45, 2.75) is 13.3 Å². The summed E-state index contributed by atoms with van der Waals surface area (Å²) < 4.78 is 5.48. The average molecular weight is 239 g/mol. The molecule has 0 bridgehead atoms. The Balaban J connectivity index is 4.50. The molecule has 0 atom stereocenters. The van der Waals surface area contributed by atoms with E-state index >= 15 is 0 Å². The first-order valence-corrected chi connectivity index (χ1v) is 5.20. The molecular weight excluding hydrogens is 228 g/mol. The van der Waals surface area contributed by atoms with Gasteiger partial charge in [0.15, 0.2) is 0 Å². The maximum absolute atomic E-state index is 11.0. The number of carbonyl (C=O) groups is 1. The summed E-state index contributed by atoms with van der Waals surface area (Å²) in [5, 5.41) is 0. The van der Waals surface area contributed by atoms with Gasteiger partial charge in [-0.25, -0.2) is 4.79 Å². The molecule has 0 N–H and O–H groups in total. The Hall–Kier alpha value is 0.0400. The van der Waals surface area contributed by atoms with Crippen molar-refractivity contribution < 1.29 is 9.53 Å². The van der Waals surface area contributed by atoms with E-state index < -0.39 is 0 Å². The number of methoxy groups -OCH3 is 1. The topological polar surface area (TPSA) is 26.3 Å². The van der Waals surface area contributed by atoms with Gasteiger partial charge in [0.1, 0.15) is 4.91 Å². The second-order valence-electron chi connectivity index (χ2n) is 1.78. The lowest BCUT2D eigenvalue weighted by atomic mass is 10.4. The Kier molecular flexibility index (Phi) is 5.68. The SMILES string of the molecule is CC/C(Br)=C(\SC)C(=O)OC. The summed E-state index contributed by atoms with van der Waals surface area (Å²) in [4.78, 5) is 11.7. The van der Waals surface area contributed by atoms with E-state index in [0.29, 0.717) is 4.91 Å². The van der Waals surface area contributed by atoms with Crippen LogP contribution in [0.1, 0.15) is 13.3 Å². The van der Waals surface area contributed by atoms with Crippen molar-refractivity contribution in [1.82, 2.24) is 0 Å². The highest BCUT2D eigenvalue weighted by Gasteiger charge is 2.11. The van der Waals surface area contributed by atoms with Gasteiger partial charge in [0, 0.05) is 4.48 Å². The highest BCUT2D eigenvalue weighted by Crippen LogP contribution is 2.24. The quantitative estimate of drug-likeness (QED) is 0.559. The predicted octanol–water partition coefficient (Wildman–Crippen LogP) is 2.54. The van der Waals surface area contributed by atoms with E-state index in [2.05, 4.69) is 20.7 Å². The van der Waals surface area contributed by atoms with Gasteiger partial charge in [-0.3, -0.25) is 0 Å². The van der Waals surface area contributed by atoms with Crippen molar-refractivity contribution in [3.05, 3.63) is 9.39 Å². The highest BCUT2D eigenvalue weighted by molar-refractivity contribution is 9.11. The second kappa shape index (κ2) is 5.66. The predicted molar refractivity (Wildman–Crippen MR) is 51.8 cm³/mol. The molecule has 0 unspecified atom stereocenters. The summed E-state index contributed by atoms with van der Waals surface area (Å²) in [6.07, 6.45) is 2.66. The average Bonchev–Trinajstić information content (AvgIpc) is 2.05. The van der Waals surface area contributed by atoms with Gasteiger partial charge >= 0.3 is 5.97 Å². The molecule has 0 heterocycles. The third kappa shape index (κ3) is 3.29. The summed E-state index contributed by atoms with van der Waals surface area (Å²) in [6, 6.07) is 0. The van der Waals surface area contributed by atoms with Crippen LogP contribution in [0.4, 0.5) is 0 Å². The molecule has 2 nitrogen and oxygen atoms in total. The minimum absolute atomic E-state index is 0.272. The van der Waals surface area contributed by atoms with E-state index in [4.69, 9.17) is 0 Å². The first kappa shape index (κ1) is 11.0. The van der Waals surface area contributed by atoms with Crippen LogP contribution in [-0.2, 0) is 9.53 Å². The Bertz CT molecular complexity index is 177. The Morgan fingerprint density at radius 1 is 1.64 bits per heavy atom. The zero-order valence-electron chi connectivity index (χ0n) is 6.81.